The molecule has 3 rings (SSSR count). The molecule has 0 aliphatic carbocycles. The van der Waals surface area contributed by atoms with Gasteiger partial charge in [0, 0.05) is 9.77 Å². The summed E-state index contributed by atoms with van der Waals surface area (Å²) in [6, 6.07) is 10.7. The predicted octanol–water partition coefficient (Wildman–Crippen LogP) is 5.09. The first-order valence-corrected chi connectivity index (χ1v) is 9.08. The highest BCUT2D eigenvalue weighted by atomic mass is 33.5. The molecule has 0 saturated heterocycles. The van der Waals surface area contributed by atoms with Gasteiger partial charge in [-0.25, -0.2) is 0 Å². The highest BCUT2D eigenvalue weighted by Gasteiger charge is 2.25. The number of allylic oxidation sites excluding steroid dienone is 3. The lowest BCUT2D eigenvalue weighted by molar-refractivity contribution is 1.52. The van der Waals surface area contributed by atoms with Gasteiger partial charge in [-0.15, -0.1) is 0 Å². The molecule has 16 heavy (non-hydrogen) atoms. The minimum absolute atomic E-state index is 0.325. The Morgan fingerprint density at radius 2 is 1.75 bits per heavy atom. The quantitative estimate of drug-likeness (QED) is 0.512. The summed E-state index contributed by atoms with van der Waals surface area (Å²) >= 11 is 0. The van der Waals surface area contributed by atoms with Crippen LogP contribution >= 0.6 is 30.1 Å². The summed E-state index contributed by atoms with van der Waals surface area (Å²) in [5.74, 6) is 0. The molecule has 0 nitrogen and oxygen atoms in total. The highest BCUT2D eigenvalue weighted by molar-refractivity contribution is 9.18. The van der Waals surface area contributed by atoms with E-state index in [0.717, 1.165) is 0 Å². The second-order valence-electron chi connectivity index (χ2n) is 3.82. The maximum absolute atomic E-state index is 2.38. The van der Waals surface area contributed by atoms with E-state index >= 15 is 0 Å². The summed E-state index contributed by atoms with van der Waals surface area (Å²) in [7, 11) is 4.36. The topological polar surface area (TPSA) is 0 Å². The Bertz CT molecular complexity index is 536. The largest absolute Gasteiger partial charge is 0.0622 e. The van der Waals surface area contributed by atoms with Crippen LogP contribution in [-0.4, -0.2) is 4.86 Å². The van der Waals surface area contributed by atoms with Gasteiger partial charge in [0.05, 0.1) is 0 Å². The molecule has 0 aromatic heterocycles. The summed E-state index contributed by atoms with van der Waals surface area (Å²) in [4.78, 5) is 4.47. The molecule has 0 spiro atoms. The van der Waals surface area contributed by atoms with E-state index in [0.29, 0.717) is 8.55 Å². The minimum Gasteiger partial charge on any atom is -0.0622 e. The van der Waals surface area contributed by atoms with Gasteiger partial charge in [0.1, 0.15) is 0 Å². The highest BCUT2D eigenvalue weighted by Crippen LogP contribution is 2.62. The predicted molar refractivity (Wildman–Crippen MR) is 80.6 cm³/mol. The molecule has 0 N–H and O–H groups in total. The fourth-order valence-electron chi connectivity index (χ4n) is 1.70. The normalized spacial score (nSPS) is 23.8. The summed E-state index contributed by atoms with van der Waals surface area (Å²) in [6.07, 6.45) is 2.38. The van der Waals surface area contributed by atoms with Crippen molar-refractivity contribution >= 4 is 39.9 Å². The lowest BCUT2D eigenvalue weighted by Crippen LogP contribution is -1.89. The van der Waals surface area contributed by atoms with Crippen molar-refractivity contribution in [1.82, 2.24) is 0 Å². The van der Waals surface area contributed by atoms with E-state index in [-0.39, 0.29) is 0 Å². The molecule has 0 saturated carbocycles. The van der Waals surface area contributed by atoms with E-state index in [1.165, 1.54) is 20.9 Å². The summed E-state index contributed by atoms with van der Waals surface area (Å²) in [5.41, 5.74) is 2.85. The van der Waals surface area contributed by atoms with Crippen LogP contribution in [0.2, 0.25) is 0 Å². The van der Waals surface area contributed by atoms with Gasteiger partial charge in [-0.1, -0.05) is 60.5 Å². The summed E-state index contributed by atoms with van der Waals surface area (Å²) < 4.78 is 0. The SMILES string of the molecule is CC1=C(C)C2=S(SC(c3ccccc3)=C2)S1. The lowest BCUT2D eigenvalue weighted by atomic mass is 10.1. The van der Waals surface area contributed by atoms with Gasteiger partial charge in [0.15, 0.2) is 0 Å². The van der Waals surface area contributed by atoms with Gasteiger partial charge in [0.2, 0.25) is 0 Å². The van der Waals surface area contributed by atoms with E-state index in [1.54, 1.807) is 4.86 Å². The number of hydrogen-bond acceptors (Lipinski definition) is 2. The first kappa shape index (κ1) is 10.8. The molecule has 0 amide bonds. The van der Waals surface area contributed by atoms with Gasteiger partial charge >= 0.3 is 0 Å². The molecule has 2 heterocycles. The monoisotopic (exact) mass is 264 g/mol. The molecule has 1 atom stereocenters. The van der Waals surface area contributed by atoms with Crippen molar-refractivity contribution in [2.24, 2.45) is 0 Å². The van der Waals surface area contributed by atoms with Crippen LogP contribution < -0.4 is 0 Å². The molecule has 1 aromatic rings. The minimum atomic E-state index is 0.325. The Kier molecular flexibility index (Phi) is 2.78. The van der Waals surface area contributed by atoms with Crippen molar-refractivity contribution in [2.75, 3.05) is 0 Å². The molecule has 2 aliphatic rings. The zero-order valence-electron chi connectivity index (χ0n) is 9.19. The third-order valence-electron chi connectivity index (χ3n) is 2.76. The molecule has 2 aliphatic heterocycles. The first-order valence-electron chi connectivity index (χ1n) is 5.18. The third-order valence-corrected chi connectivity index (χ3v) is 9.44. The zero-order valence-corrected chi connectivity index (χ0v) is 11.6. The molecular weight excluding hydrogens is 252 g/mol. The maximum Gasteiger partial charge on any atom is 0.0270 e. The number of benzene rings is 1. The standard InChI is InChI=1S/C13H12S3/c1-9-10(2)14-16-13(9)8-12(15-16)11-6-4-3-5-7-11/h3-8H,1-2H3. The number of rotatable bonds is 1. The molecule has 3 heteroatoms. The Morgan fingerprint density at radius 1 is 1.00 bits per heavy atom. The second-order valence-corrected chi connectivity index (χ2v) is 9.75. The Morgan fingerprint density at radius 3 is 2.44 bits per heavy atom. The van der Waals surface area contributed by atoms with E-state index in [9.17, 15) is 0 Å². The Hall–Kier alpha value is -0.380. The van der Waals surface area contributed by atoms with Crippen LogP contribution in [0.5, 0.6) is 0 Å². The Balaban J connectivity index is 1.96. The van der Waals surface area contributed by atoms with Crippen LogP contribution in [0.25, 0.3) is 4.91 Å². The van der Waals surface area contributed by atoms with Gasteiger partial charge in [0.25, 0.3) is 0 Å². The average Bonchev–Trinajstić information content (AvgIpc) is 2.82. The summed E-state index contributed by atoms with van der Waals surface area (Å²) in [6.45, 7) is 4.48. The van der Waals surface area contributed by atoms with Crippen molar-refractivity contribution in [2.45, 2.75) is 13.8 Å². The molecule has 1 unspecified atom stereocenters. The number of hydrogen-bond donors (Lipinski definition) is 0. The zero-order chi connectivity index (χ0) is 11.1. The fraction of sp³-hybridized carbons (Fsp3) is 0.154. The van der Waals surface area contributed by atoms with Crippen LogP contribution in [0.4, 0.5) is 0 Å². The fourth-order valence-corrected chi connectivity index (χ4v) is 9.23. The lowest BCUT2D eigenvalue weighted by Gasteiger charge is -2.04. The van der Waals surface area contributed by atoms with Crippen LogP contribution in [0.1, 0.15) is 19.4 Å². The molecule has 0 radical (unpaired) electrons. The Labute approximate surface area is 106 Å². The van der Waals surface area contributed by atoms with Crippen LogP contribution in [0.3, 0.4) is 0 Å². The van der Waals surface area contributed by atoms with Crippen LogP contribution in [0.15, 0.2) is 46.9 Å². The van der Waals surface area contributed by atoms with Crippen LogP contribution in [-0.2, 0) is 0 Å². The van der Waals surface area contributed by atoms with Gasteiger partial charge in [-0.2, -0.15) is 0 Å². The first-order chi connectivity index (χ1) is 7.75. The smallest absolute Gasteiger partial charge is 0.0270 e. The third kappa shape index (κ3) is 1.71. The van der Waals surface area contributed by atoms with Crippen molar-refractivity contribution in [3.63, 3.8) is 0 Å². The molecule has 82 valence electrons. The van der Waals surface area contributed by atoms with Crippen molar-refractivity contribution in [1.29, 1.82) is 0 Å². The molecule has 0 fully saturated rings. The van der Waals surface area contributed by atoms with Crippen molar-refractivity contribution in [3.05, 3.63) is 52.4 Å². The van der Waals surface area contributed by atoms with E-state index in [1.807, 2.05) is 21.6 Å². The average molecular weight is 264 g/mol. The molecular formula is C13H12S3. The van der Waals surface area contributed by atoms with E-state index in [4.69, 9.17) is 0 Å². The summed E-state index contributed by atoms with van der Waals surface area (Å²) in [5, 5.41) is 0. The van der Waals surface area contributed by atoms with Crippen molar-refractivity contribution in [3.8, 4) is 0 Å². The van der Waals surface area contributed by atoms with Gasteiger partial charge < -0.3 is 0 Å². The molecule has 0 bridgehead atoms. The van der Waals surface area contributed by atoms with E-state index in [2.05, 4.69) is 50.3 Å². The van der Waals surface area contributed by atoms with Crippen LogP contribution in [0, 0.1) is 0 Å². The van der Waals surface area contributed by atoms with Gasteiger partial charge in [-0.3, -0.25) is 0 Å². The van der Waals surface area contributed by atoms with Crippen molar-refractivity contribution < 1.29 is 0 Å². The van der Waals surface area contributed by atoms with Gasteiger partial charge in [-0.05, 0) is 36.0 Å². The molecule has 1 aromatic carbocycles. The maximum atomic E-state index is 2.38. The second kappa shape index (κ2) is 4.13. The van der Waals surface area contributed by atoms with E-state index < -0.39 is 0 Å².